The highest BCUT2D eigenvalue weighted by atomic mass is 16.6. The minimum absolute atomic E-state index is 0.0720. The number of carbonyl (C=O) groups excluding carboxylic acids is 7. The molecule has 1 spiro atoms. The van der Waals surface area contributed by atoms with Crippen molar-refractivity contribution in [1.82, 2.24) is 25.8 Å². The molecule has 5 aliphatic rings. The molecule has 85 heavy (non-hydrogen) atoms. The number of fused-ring (bicyclic) bond motifs is 4. The lowest BCUT2D eigenvalue weighted by atomic mass is 10.0. The van der Waals surface area contributed by atoms with Crippen LogP contribution in [0, 0.1) is 11.3 Å². The van der Waals surface area contributed by atoms with E-state index in [0.29, 0.717) is 85.7 Å². The number of aliphatic hydroxyl groups excluding tert-OH is 1. The van der Waals surface area contributed by atoms with E-state index >= 15 is 0 Å². The van der Waals surface area contributed by atoms with Crippen LogP contribution in [0.1, 0.15) is 97.1 Å². The Hall–Kier alpha value is -8.61. The molecular formula is C61H76N10O14. The molecule has 9 rings (SSSR count). The number of unbranched alkanes of at least 4 members (excludes halogenated alkanes) is 1. The van der Waals surface area contributed by atoms with Crippen LogP contribution in [-0.4, -0.2) is 154 Å². The molecule has 4 aromatic carbocycles. The number of nitrogens with one attached hydrogen (secondary N) is 5. The second-order valence-electron chi connectivity index (χ2n) is 22.3. The number of hydrogen-bond donors (Lipinski definition) is 8. The van der Waals surface area contributed by atoms with E-state index < -0.39 is 54.1 Å². The molecule has 0 radical (unpaired) electrons. The van der Waals surface area contributed by atoms with Gasteiger partial charge in [-0.25, -0.2) is 9.69 Å². The Balaban J connectivity index is 0.842. The zero-order chi connectivity index (χ0) is 60.5. The van der Waals surface area contributed by atoms with Crippen LogP contribution in [0.4, 0.5) is 21.9 Å². The zero-order valence-electron chi connectivity index (χ0n) is 48.5. The number of nitrogens with two attached hydrogens (primary N) is 2. The summed E-state index contributed by atoms with van der Waals surface area (Å²) in [7, 11) is 4.58. The molecule has 4 heterocycles. The summed E-state index contributed by atoms with van der Waals surface area (Å²) in [5.74, 6) is -1.14. The molecule has 2 fully saturated rings. The number of carbonyl (C=O) groups is 7. The Morgan fingerprint density at radius 2 is 1.48 bits per heavy atom. The van der Waals surface area contributed by atoms with Crippen molar-refractivity contribution in [2.45, 2.75) is 102 Å². The van der Waals surface area contributed by atoms with Gasteiger partial charge in [-0.2, -0.15) is 0 Å². The minimum Gasteiger partial charge on any atom is -0.497 e. The summed E-state index contributed by atoms with van der Waals surface area (Å²) in [5, 5.41) is 26.2. The molecule has 5 atom stereocenters. The predicted octanol–water partition coefficient (Wildman–Crippen LogP) is 4.48. The third kappa shape index (κ3) is 14.0. The Labute approximate surface area is 493 Å². The van der Waals surface area contributed by atoms with E-state index in [1.807, 2.05) is 30.5 Å². The smallest absolute Gasteiger partial charge is 0.416 e. The first-order valence-corrected chi connectivity index (χ1v) is 28.7. The fourth-order valence-electron chi connectivity index (χ4n) is 11.2. The van der Waals surface area contributed by atoms with Gasteiger partial charge in [0.2, 0.25) is 23.6 Å². The molecule has 1 aliphatic carbocycles. The van der Waals surface area contributed by atoms with E-state index in [9.17, 15) is 38.7 Å². The highest BCUT2D eigenvalue weighted by molar-refractivity contribution is 6.06. The maximum absolute atomic E-state index is 14.5. The van der Waals surface area contributed by atoms with Gasteiger partial charge in [0.15, 0.2) is 29.2 Å². The molecule has 454 valence electrons. The maximum Gasteiger partial charge on any atom is 0.416 e. The second kappa shape index (κ2) is 27.0. The molecular weight excluding hydrogens is 1100 g/mol. The van der Waals surface area contributed by atoms with E-state index in [1.54, 1.807) is 67.2 Å². The van der Waals surface area contributed by atoms with Gasteiger partial charge in [-0.05, 0) is 116 Å². The van der Waals surface area contributed by atoms with Crippen molar-refractivity contribution in [2.75, 3.05) is 82.8 Å². The number of anilines is 3. The van der Waals surface area contributed by atoms with Gasteiger partial charge in [0.05, 0.1) is 82.2 Å². The molecule has 24 heteroatoms. The van der Waals surface area contributed by atoms with E-state index in [-0.39, 0.29) is 91.3 Å². The topological polar surface area (TPSA) is 317 Å². The molecule has 0 bridgehead atoms. The lowest BCUT2D eigenvalue weighted by Crippen LogP contribution is -2.55. The van der Waals surface area contributed by atoms with Crippen molar-refractivity contribution < 1.29 is 67.1 Å². The highest BCUT2D eigenvalue weighted by Crippen LogP contribution is 2.57. The van der Waals surface area contributed by atoms with Gasteiger partial charge in [-0.15, -0.1) is 0 Å². The Kier molecular flexibility index (Phi) is 19.3. The van der Waals surface area contributed by atoms with Crippen molar-refractivity contribution in [1.29, 1.82) is 0 Å². The van der Waals surface area contributed by atoms with Crippen LogP contribution in [0.15, 0.2) is 79.0 Å². The first kappa shape index (κ1) is 61.0. The molecule has 1 saturated heterocycles. The molecule has 4 aliphatic heterocycles. The molecule has 4 aromatic rings. The maximum atomic E-state index is 14.5. The third-order valence-corrected chi connectivity index (χ3v) is 16.1. The van der Waals surface area contributed by atoms with Crippen LogP contribution >= 0.6 is 0 Å². The van der Waals surface area contributed by atoms with Gasteiger partial charge in [-0.1, -0.05) is 38.1 Å². The number of nitrogens with zero attached hydrogens (tertiary/aromatic N) is 3. The van der Waals surface area contributed by atoms with Crippen molar-refractivity contribution in [3.05, 3.63) is 101 Å². The summed E-state index contributed by atoms with van der Waals surface area (Å²) in [4.78, 5) is 98.8. The van der Waals surface area contributed by atoms with E-state index in [0.717, 1.165) is 34.6 Å². The van der Waals surface area contributed by atoms with Crippen LogP contribution in [-0.2, 0) is 30.5 Å². The first-order chi connectivity index (χ1) is 41.0. The minimum atomic E-state index is -1.48. The van der Waals surface area contributed by atoms with E-state index in [4.69, 9.17) is 39.9 Å². The summed E-state index contributed by atoms with van der Waals surface area (Å²) in [6, 6.07) is 17.9. The quantitative estimate of drug-likeness (QED) is 0.0424. The summed E-state index contributed by atoms with van der Waals surface area (Å²) in [6.45, 7) is 4.14. The van der Waals surface area contributed by atoms with Gasteiger partial charge in [0.1, 0.15) is 24.4 Å². The molecule has 24 nitrogen and oxygen atoms in total. The normalized spacial score (nSPS) is 18.7. The Morgan fingerprint density at radius 1 is 0.788 bits per heavy atom. The van der Waals surface area contributed by atoms with Crippen LogP contribution < -0.4 is 66.6 Å². The summed E-state index contributed by atoms with van der Waals surface area (Å²) >= 11 is 0. The summed E-state index contributed by atoms with van der Waals surface area (Å²) in [6.07, 6.45) is 4.22. The number of hydrogen-bond acceptors (Lipinski definition) is 17. The van der Waals surface area contributed by atoms with Gasteiger partial charge in [-0.3, -0.25) is 28.8 Å². The second-order valence-corrected chi connectivity index (χ2v) is 22.3. The molecule has 7 amide bonds. The SMILES string of the molecule is COc1ccc(C2=CN3C(=O)c4cc(OC)c(OCCCOc5cc6c(cc5OC)C(=O)N5CC7(CC7)C[C@H]5C(O)N6C(=O)OCc5ccc(NC(=O)[C@H](CCCCN)NC(=O)[C@@H](NC(=O)CNC(=O)CN)C(C)C)cc5)cc4NC[C@@H]3C2)cc1. The fourth-order valence-corrected chi connectivity index (χ4v) is 11.2. The van der Waals surface area contributed by atoms with E-state index in [1.165, 1.54) is 26.4 Å². The average molecular weight is 1170 g/mol. The molecule has 1 unspecified atom stereocenters. The number of aliphatic hydroxyl groups is 1. The van der Waals surface area contributed by atoms with Gasteiger partial charge in [0.25, 0.3) is 11.8 Å². The Morgan fingerprint density at radius 3 is 2.13 bits per heavy atom. The zero-order valence-corrected chi connectivity index (χ0v) is 48.5. The lowest BCUT2D eigenvalue weighted by Gasteiger charge is -2.31. The van der Waals surface area contributed by atoms with Crippen LogP contribution in [0.25, 0.3) is 5.57 Å². The van der Waals surface area contributed by atoms with Gasteiger partial charge in [0, 0.05) is 43.5 Å². The molecule has 10 N–H and O–H groups in total. The standard InChI is InChI=1S/C61H76N10O14/c1-35(2)54(68-53(73)31-65-52(72)29-63)56(75)67-44(9-6-7-20-62)55(74)66-39-14-10-36(11-15-39)33-85-60(79)71-46-27-51(49(82-5)25-43(46)58(77)70-34-61(18-19-61)28-47(70)59(71)78)84-22-8-21-83-50-26-45-42(24-48(50)81-4)57(76)69-32-38(23-40(69)30-64-45)37-12-16-41(80-3)17-13-37/h10-17,24-27,32,35,40,44,47,54,59,64,78H,6-9,18-23,28-31,33-34,62-63H2,1-5H3,(H,65,72)(H,66,74)(H,67,75)(H,68,73)/t40-,44-,47-,54-,59?/m0/s1. The third-order valence-electron chi connectivity index (χ3n) is 16.1. The van der Waals surface area contributed by atoms with Crippen LogP contribution in [0.3, 0.4) is 0 Å². The monoisotopic (exact) mass is 1170 g/mol. The number of methoxy groups -OCH3 is 3. The summed E-state index contributed by atoms with van der Waals surface area (Å²) < 4.78 is 35.2. The summed E-state index contributed by atoms with van der Waals surface area (Å²) in [5.41, 5.74) is 15.2. The fraction of sp³-hybridized carbons (Fsp3) is 0.459. The van der Waals surface area contributed by atoms with Crippen LogP contribution in [0.2, 0.25) is 0 Å². The van der Waals surface area contributed by atoms with Crippen LogP contribution in [0.5, 0.6) is 28.7 Å². The van der Waals surface area contributed by atoms with Crippen molar-refractivity contribution in [3.63, 3.8) is 0 Å². The number of amides is 7. The van der Waals surface area contributed by atoms with Gasteiger partial charge >= 0.3 is 6.09 Å². The number of ether oxygens (including phenoxy) is 6. The Bertz CT molecular complexity index is 3170. The first-order valence-electron chi connectivity index (χ1n) is 28.7. The number of rotatable bonds is 25. The predicted molar refractivity (Wildman–Crippen MR) is 314 cm³/mol. The van der Waals surface area contributed by atoms with Crippen molar-refractivity contribution in [2.24, 2.45) is 22.8 Å². The molecule has 0 aromatic heterocycles. The number of benzene rings is 4. The molecule has 1 saturated carbocycles. The van der Waals surface area contributed by atoms with E-state index in [2.05, 4.69) is 26.6 Å². The lowest BCUT2D eigenvalue weighted by molar-refractivity contribution is -0.132. The van der Waals surface area contributed by atoms with Crippen molar-refractivity contribution in [3.8, 4) is 28.7 Å². The average Bonchev–Trinajstić information content (AvgIpc) is 2.23. The largest absolute Gasteiger partial charge is 0.497 e. The highest BCUT2D eigenvalue weighted by Gasteiger charge is 2.58. The van der Waals surface area contributed by atoms with Gasteiger partial charge < -0.3 is 81.4 Å². The van der Waals surface area contributed by atoms with Crippen molar-refractivity contribution >= 4 is 64.2 Å².